The Balaban J connectivity index is 1.67. The molecule has 1 saturated heterocycles. The van der Waals surface area contributed by atoms with Crippen LogP contribution < -0.4 is 14.8 Å². The average molecular weight is 569 g/mol. The molecule has 10 nitrogen and oxygen atoms in total. The van der Waals surface area contributed by atoms with E-state index in [4.69, 9.17) is 14.2 Å². The number of rotatable bonds is 9. The normalized spacial score (nSPS) is 19.6. The van der Waals surface area contributed by atoms with Gasteiger partial charge in [0.05, 0.1) is 38.0 Å². The highest BCUT2D eigenvalue weighted by atomic mass is 19.1. The molecule has 1 fully saturated rings. The summed E-state index contributed by atoms with van der Waals surface area (Å²) in [6.07, 6.45) is 0. The first kappa shape index (κ1) is 29.9. The number of likely N-dealkylation sites (N-methyl/N-ethyl adjacent to an activating group) is 1. The lowest BCUT2D eigenvalue weighted by Gasteiger charge is -2.43. The number of hydrogen-bond acceptors (Lipinski definition) is 7. The summed E-state index contributed by atoms with van der Waals surface area (Å²) in [4.78, 5) is 45.2. The molecule has 2 atom stereocenters. The summed E-state index contributed by atoms with van der Waals surface area (Å²) in [5.74, 6) is -0.451. The van der Waals surface area contributed by atoms with Crippen molar-refractivity contribution < 1.29 is 33.0 Å². The number of hydrogen-bond donors (Lipinski definition) is 1. The zero-order chi connectivity index (χ0) is 29.7. The van der Waals surface area contributed by atoms with Gasteiger partial charge in [-0.25, -0.2) is 14.0 Å². The topological polar surface area (TPSA) is 101 Å². The van der Waals surface area contributed by atoms with Gasteiger partial charge in [0.25, 0.3) is 5.91 Å². The standard InChI is InChI=1S/C30H37FN4O6/c1-6-34-23(18-33-14-15-35(19(3)17-33)28(36)21-10-8-9-11-22(21)31)26(29(37)41-7-2)27(32-30(34)38)20-12-13-24(39-4)25(16-20)40-5/h8-13,16,19,27H,6-7,14-15,17-18H2,1-5H3,(H,32,38). The second kappa shape index (κ2) is 13.0. The Labute approximate surface area is 239 Å². The number of carbonyl (C=O) groups is 3. The molecule has 220 valence electrons. The SMILES string of the molecule is CCOC(=O)C1=C(CN2CCN(C(=O)c3ccccc3F)C(C)C2)N(CC)C(=O)NC1c1ccc(OC)c(OC)c1. The number of halogens is 1. The Morgan fingerprint density at radius 2 is 1.78 bits per heavy atom. The monoisotopic (exact) mass is 568 g/mol. The molecule has 11 heteroatoms. The lowest BCUT2D eigenvalue weighted by molar-refractivity contribution is -0.139. The van der Waals surface area contributed by atoms with Crippen molar-refractivity contribution in [3.63, 3.8) is 0 Å². The van der Waals surface area contributed by atoms with E-state index in [1.54, 1.807) is 47.1 Å². The summed E-state index contributed by atoms with van der Waals surface area (Å²) in [6.45, 7) is 7.58. The fraction of sp³-hybridized carbons (Fsp3) is 0.433. The van der Waals surface area contributed by atoms with Gasteiger partial charge in [-0.2, -0.15) is 0 Å². The van der Waals surface area contributed by atoms with Gasteiger partial charge in [0, 0.05) is 44.5 Å². The number of urea groups is 1. The van der Waals surface area contributed by atoms with Crippen LogP contribution in [0.5, 0.6) is 11.5 Å². The van der Waals surface area contributed by atoms with E-state index in [2.05, 4.69) is 10.2 Å². The molecule has 4 rings (SSSR count). The summed E-state index contributed by atoms with van der Waals surface area (Å²) in [6, 6.07) is 9.86. The van der Waals surface area contributed by atoms with Crippen LogP contribution in [0, 0.1) is 5.82 Å². The third-order valence-electron chi connectivity index (χ3n) is 7.44. The molecule has 0 spiro atoms. The predicted molar refractivity (Wildman–Crippen MR) is 150 cm³/mol. The number of amides is 3. The maximum atomic E-state index is 14.3. The molecule has 1 N–H and O–H groups in total. The number of esters is 1. The van der Waals surface area contributed by atoms with Crippen LogP contribution in [-0.2, 0) is 9.53 Å². The van der Waals surface area contributed by atoms with Gasteiger partial charge in [0.2, 0.25) is 0 Å². The molecule has 0 saturated carbocycles. The number of carbonyl (C=O) groups excluding carboxylic acids is 3. The maximum absolute atomic E-state index is 14.3. The van der Waals surface area contributed by atoms with Gasteiger partial charge in [0.15, 0.2) is 11.5 Å². The number of piperazine rings is 1. The highest BCUT2D eigenvalue weighted by Crippen LogP contribution is 2.36. The first-order valence-corrected chi connectivity index (χ1v) is 13.7. The molecule has 0 aromatic heterocycles. The highest BCUT2D eigenvalue weighted by molar-refractivity contribution is 5.96. The largest absolute Gasteiger partial charge is 0.493 e. The van der Waals surface area contributed by atoms with Crippen LogP contribution in [-0.4, -0.2) is 92.2 Å². The summed E-state index contributed by atoms with van der Waals surface area (Å²) < 4.78 is 30.6. The average Bonchev–Trinajstić information content (AvgIpc) is 2.96. The third-order valence-corrected chi connectivity index (χ3v) is 7.44. The van der Waals surface area contributed by atoms with Crippen LogP contribution in [0.25, 0.3) is 0 Å². The molecule has 41 heavy (non-hydrogen) atoms. The maximum Gasteiger partial charge on any atom is 0.338 e. The Morgan fingerprint density at radius 3 is 2.41 bits per heavy atom. The second-order valence-electron chi connectivity index (χ2n) is 9.88. The second-order valence-corrected chi connectivity index (χ2v) is 9.88. The van der Waals surface area contributed by atoms with Crippen LogP contribution in [0.3, 0.4) is 0 Å². The highest BCUT2D eigenvalue weighted by Gasteiger charge is 2.39. The minimum absolute atomic E-state index is 0.0407. The van der Waals surface area contributed by atoms with Crippen molar-refractivity contribution in [3.05, 3.63) is 70.7 Å². The fourth-order valence-electron chi connectivity index (χ4n) is 5.42. The smallest absolute Gasteiger partial charge is 0.338 e. The molecule has 2 unspecified atom stereocenters. The van der Waals surface area contributed by atoms with Gasteiger partial charge in [-0.05, 0) is 50.6 Å². The van der Waals surface area contributed by atoms with Crippen molar-refractivity contribution in [2.24, 2.45) is 0 Å². The zero-order valence-electron chi connectivity index (χ0n) is 24.1. The number of nitrogens with zero attached hydrogens (tertiary/aromatic N) is 3. The molecule has 0 bridgehead atoms. The van der Waals surface area contributed by atoms with Gasteiger partial charge in [-0.1, -0.05) is 18.2 Å². The zero-order valence-corrected chi connectivity index (χ0v) is 24.1. The minimum Gasteiger partial charge on any atom is -0.493 e. The van der Waals surface area contributed by atoms with E-state index in [0.717, 1.165) is 0 Å². The molecule has 2 aromatic rings. The predicted octanol–water partition coefficient (Wildman–Crippen LogP) is 3.59. The van der Waals surface area contributed by atoms with Crippen molar-refractivity contribution in [1.29, 1.82) is 0 Å². The molecule has 0 aliphatic carbocycles. The van der Waals surface area contributed by atoms with E-state index >= 15 is 0 Å². The first-order chi connectivity index (χ1) is 19.7. The Hall–Kier alpha value is -4.12. The molecule has 3 amide bonds. The Morgan fingerprint density at radius 1 is 1.05 bits per heavy atom. The van der Waals surface area contributed by atoms with Crippen LogP contribution in [0.15, 0.2) is 53.7 Å². The molecule has 2 aliphatic heterocycles. The number of methoxy groups -OCH3 is 2. The quantitative estimate of drug-likeness (QED) is 0.462. The third kappa shape index (κ3) is 6.14. The van der Waals surface area contributed by atoms with Crippen LogP contribution in [0.4, 0.5) is 9.18 Å². The van der Waals surface area contributed by atoms with E-state index in [-0.39, 0.29) is 36.7 Å². The summed E-state index contributed by atoms with van der Waals surface area (Å²) >= 11 is 0. The van der Waals surface area contributed by atoms with Gasteiger partial charge >= 0.3 is 12.0 Å². The summed E-state index contributed by atoms with van der Waals surface area (Å²) in [7, 11) is 3.05. The van der Waals surface area contributed by atoms with Crippen LogP contribution in [0.1, 0.15) is 42.7 Å². The minimum atomic E-state index is -0.777. The summed E-state index contributed by atoms with van der Waals surface area (Å²) in [5.41, 5.74) is 1.55. The molecular weight excluding hydrogens is 531 g/mol. The first-order valence-electron chi connectivity index (χ1n) is 13.7. The molecule has 2 heterocycles. The van der Waals surface area contributed by atoms with Crippen LogP contribution in [0.2, 0.25) is 0 Å². The van der Waals surface area contributed by atoms with E-state index in [9.17, 15) is 18.8 Å². The fourth-order valence-corrected chi connectivity index (χ4v) is 5.42. The van der Waals surface area contributed by atoms with Crippen molar-refractivity contribution >= 4 is 17.9 Å². The van der Waals surface area contributed by atoms with E-state index in [1.165, 1.54) is 26.4 Å². The van der Waals surface area contributed by atoms with Crippen molar-refractivity contribution in [1.82, 2.24) is 20.0 Å². The van der Waals surface area contributed by atoms with Gasteiger partial charge < -0.3 is 24.4 Å². The Kier molecular flexibility index (Phi) is 9.49. The molecular formula is C30H37FN4O6. The van der Waals surface area contributed by atoms with Gasteiger partial charge in [-0.15, -0.1) is 0 Å². The van der Waals surface area contributed by atoms with Crippen molar-refractivity contribution in [3.8, 4) is 11.5 Å². The van der Waals surface area contributed by atoms with Crippen molar-refractivity contribution in [2.75, 3.05) is 53.6 Å². The molecule has 0 radical (unpaired) electrons. The van der Waals surface area contributed by atoms with E-state index < -0.39 is 17.8 Å². The van der Waals surface area contributed by atoms with Crippen LogP contribution >= 0.6 is 0 Å². The summed E-state index contributed by atoms with van der Waals surface area (Å²) in [5, 5.41) is 2.96. The van der Waals surface area contributed by atoms with Gasteiger partial charge in [-0.3, -0.25) is 14.6 Å². The molecule has 2 aromatic carbocycles. The lowest BCUT2D eigenvalue weighted by atomic mass is 9.93. The van der Waals surface area contributed by atoms with E-state index in [1.807, 2.05) is 13.8 Å². The van der Waals surface area contributed by atoms with E-state index in [0.29, 0.717) is 54.5 Å². The van der Waals surface area contributed by atoms with Crippen molar-refractivity contribution in [2.45, 2.75) is 32.9 Å². The number of benzene rings is 2. The Bertz CT molecular complexity index is 1330. The molecule has 2 aliphatic rings. The number of nitrogens with one attached hydrogen (secondary N) is 1. The number of ether oxygens (including phenoxy) is 3. The van der Waals surface area contributed by atoms with Gasteiger partial charge in [0.1, 0.15) is 5.82 Å². The lowest BCUT2D eigenvalue weighted by Crippen LogP contribution is -2.56.